The molecule has 0 aliphatic rings. The van der Waals surface area contributed by atoms with Crippen LogP contribution in [0.4, 0.5) is 0 Å². The number of benzene rings is 2. The fraction of sp³-hybridized carbons (Fsp3) is 0.304. The van der Waals surface area contributed by atoms with E-state index >= 15 is 0 Å². The van der Waals surface area contributed by atoms with Gasteiger partial charge in [0, 0.05) is 0 Å². The Hall–Kier alpha value is -1.28. The van der Waals surface area contributed by atoms with Crippen LogP contribution < -0.4 is 8.92 Å². The summed E-state index contributed by atoms with van der Waals surface area (Å²) in [7, 11) is 0. The number of allylic oxidation sites excluding steroid dienone is 1. The van der Waals surface area contributed by atoms with E-state index in [1.54, 1.807) is 6.26 Å². The number of hydrogen-bond donors (Lipinski definition) is 1. The van der Waals surface area contributed by atoms with Gasteiger partial charge >= 0.3 is 176 Å². The fourth-order valence-corrected chi connectivity index (χ4v) is 7.15. The van der Waals surface area contributed by atoms with Crippen molar-refractivity contribution >= 4 is 38.8 Å². The third-order valence-corrected chi connectivity index (χ3v) is 7.94. The molecule has 0 spiro atoms. The Kier molecular flexibility index (Phi) is 8.89. The van der Waals surface area contributed by atoms with Crippen molar-refractivity contribution in [2.24, 2.45) is 5.41 Å². The minimum absolute atomic E-state index is 0.00329. The summed E-state index contributed by atoms with van der Waals surface area (Å²) in [5, 5.41) is 11.3. The van der Waals surface area contributed by atoms with E-state index in [0.29, 0.717) is 6.61 Å². The van der Waals surface area contributed by atoms with Crippen LogP contribution in [0, 0.1) is 5.41 Å². The number of aliphatic hydroxyl groups excluding tert-OH is 1. The van der Waals surface area contributed by atoms with Gasteiger partial charge in [0.1, 0.15) is 0 Å². The second-order valence-corrected chi connectivity index (χ2v) is 11.9. The molecule has 144 valence electrons. The van der Waals surface area contributed by atoms with E-state index in [1.165, 1.54) is 8.92 Å². The Labute approximate surface area is 176 Å². The van der Waals surface area contributed by atoms with Crippen LogP contribution in [-0.4, -0.2) is 47.7 Å². The van der Waals surface area contributed by atoms with Gasteiger partial charge < -0.3 is 0 Å². The van der Waals surface area contributed by atoms with Gasteiger partial charge in [0.25, 0.3) is 0 Å². The fourth-order valence-electron chi connectivity index (χ4n) is 2.29. The molecular formula is C23H28O2Se2. The van der Waals surface area contributed by atoms with Crippen molar-refractivity contribution in [3.63, 3.8) is 0 Å². The first-order valence-corrected chi connectivity index (χ1v) is 12.5. The number of hydrogen-bond acceptors (Lipinski definition) is 2. The molecule has 0 amide bonds. The summed E-state index contributed by atoms with van der Waals surface area (Å²) in [6.07, 6.45) is 3.39. The molecule has 2 aromatic carbocycles. The van der Waals surface area contributed by atoms with Gasteiger partial charge in [-0.05, 0) is 0 Å². The average Bonchev–Trinajstić information content (AvgIpc) is 2.64. The van der Waals surface area contributed by atoms with Crippen molar-refractivity contribution in [3.05, 3.63) is 81.9 Å². The van der Waals surface area contributed by atoms with Crippen LogP contribution >= 0.6 is 0 Å². The Balaban J connectivity index is 2.33. The quantitative estimate of drug-likeness (QED) is 0.451. The predicted octanol–water partition coefficient (Wildman–Crippen LogP) is 3.21. The van der Waals surface area contributed by atoms with Crippen LogP contribution in [0.15, 0.2) is 81.9 Å². The summed E-state index contributed by atoms with van der Waals surface area (Å²) in [5.41, 5.74) is 0.00329. The van der Waals surface area contributed by atoms with E-state index in [0.717, 1.165) is 8.94 Å². The third-order valence-electron chi connectivity index (χ3n) is 3.44. The molecule has 0 aliphatic carbocycles. The molecule has 0 heterocycles. The van der Waals surface area contributed by atoms with Crippen molar-refractivity contribution in [3.8, 4) is 0 Å². The molecule has 0 fully saturated rings. The van der Waals surface area contributed by atoms with Crippen LogP contribution in [0.5, 0.6) is 0 Å². The molecule has 1 N–H and O–H groups in total. The SMILES string of the molecule is CCO/C=C(\[Se]c1ccccc1)C(O)/C(=C/C(C)(C)C)[Se]c1ccccc1. The number of aliphatic hydroxyl groups is 1. The molecule has 0 aliphatic heterocycles. The van der Waals surface area contributed by atoms with Gasteiger partial charge in [-0.15, -0.1) is 0 Å². The van der Waals surface area contributed by atoms with E-state index in [1.807, 2.05) is 31.2 Å². The molecule has 0 aromatic heterocycles. The molecule has 0 saturated carbocycles. The van der Waals surface area contributed by atoms with Gasteiger partial charge in [0.05, 0.1) is 0 Å². The molecule has 27 heavy (non-hydrogen) atoms. The maximum atomic E-state index is 11.3. The van der Waals surface area contributed by atoms with Crippen molar-refractivity contribution in [2.75, 3.05) is 6.61 Å². The average molecular weight is 494 g/mol. The predicted molar refractivity (Wildman–Crippen MR) is 117 cm³/mol. The van der Waals surface area contributed by atoms with Crippen molar-refractivity contribution in [1.29, 1.82) is 0 Å². The standard InChI is InChI=1S/C23H28O2Se2/c1-5-25-17-21(27-19-14-10-7-11-15-19)22(24)20(16-23(2,3)4)26-18-12-8-6-9-13-18/h6-17,22,24H,5H2,1-4H3/b20-16-,21-17-. The molecule has 0 bridgehead atoms. The molecule has 2 rings (SSSR count). The minimum atomic E-state index is -0.615. The molecule has 0 radical (unpaired) electrons. The van der Waals surface area contributed by atoms with E-state index in [4.69, 9.17) is 4.74 Å². The summed E-state index contributed by atoms with van der Waals surface area (Å²) in [4.78, 5) is 0. The summed E-state index contributed by atoms with van der Waals surface area (Å²) < 4.78 is 10.1. The molecule has 1 unspecified atom stereocenters. The third kappa shape index (κ3) is 8.09. The second-order valence-electron chi connectivity index (χ2n) is 7.12. The van der Waals surface area contributed by atoms with E-state index in [2.05, 4.69) is 63.2 Å². The monoisotopic (exact) mass is 496 g/mol. The van der Waals surface area contributed by atoms with Crippen molar-refractivity contribution < 1.29 is 9.84 Å². The van der Waals surface area contributed by atoms with Crippen LogP contribution in [0.2, 0.25) is 0 Å². The van der Waals surface area contributed by atoms with Crippen molar-refractivity contribution in [1.82, 2.24) is 0 Å². The Bertz CT molecular complexity index is 747. The second kappa shape index (κ2) is 10.9. The van der Waals surface area contributed by atoms with Crippen LogP contribution in [-0.2, 0) is 4.74 Å². The van der Waals surface area contributed by atoms with E-state index in [9.17, 15) is 5.11 Å². The van der Waals surface area contributed by atoms with Crippen LogP contribution in [0.25, 0.3) is 0 Å². The summed E-state index contributed by atoms with van der Waals surface area (Å²) in [5.74, 6) is 0. The first-order valence-electron chi connectivity index (χ1n) is 9.07. The Morgan fingerprint density at radius 3 is 1.85 bits per heavy atom. The molecule has 0 saturated heterocycles. The zero-order chi connectivity index (χ0) is 19.7. The summed E-state index contributed by atoms with van der Waals surface area (Å²) in [6.45, 7) is 9.10. The van der Waals surface area contributed by atoms with Gasteiger partial charge in [-0.3, -0.25) is 0 Å². The van der Waals surface area contributed by atoms with Crippen LogP contribution in [0.1, 0.15) is 27.7 Å². The first kappa shape index (κ1) is 22.0. The van der Waals surface area contributed by atoms with Crippen molar-refractivity contribution in [2.45, 2.75) is 33.8 Å². The van der Waals surface area contributed by atoms with E-state index in [-0.39, 0.29) is 35.3 Å². The molecule has 2 nitrogen and oxygen atoms in total. The molecule has 4 heteroatoms. The first-order chi connectivity index (χ1) is 12.9. The zero-order valence-electron chi connectivity index (χ0n) is 16.4. The summed E-state index contributed by atoms with van der Waals surface area (Å²) in [6, 6.07) is 20.8. The molecule has 1 atom stereocenters. The van der Waals surface area contributed by atoms with E-state index < -0.39 is 6.10 Å². The number of ether oxygens (including phenoxy) is 1. The van der Waals surface area contributed by atoms with Gasteiger partial charge in [0.2, 0.25) is 0 Å². The molecule has 2 aromatic rings. The Morgan fingerprint density at radius 1 is 0.926 bits per heavy atom. The van der Waals surface area contributed by atoms with Crippen LogP contribution in [0.3, 0.4) is 0 Å². The number of rotatable bonds is 8. The topological polar surface area (TPSA) is 29.5 Å². The van der Waals surface area contributed by atoms with Gasteiger partial charge in [-0.1, -0.05) is 0 Å². The normalized spacial score (nSPS) is 14.1. The zero-order valence-corrected chi connectivity index (χ0v) is 19.8. The maximum absolute atomic E-state index is 11.3. The van der Waals surface area contributed by atoms with Gasteiger partial charge in [0.15, 0.2) is 0 Å². The summed E-state index contributed by atoms with van der Waals surface area (Å²) >= 11 is 0.0750. The van der Waals surface area contributed by atoms with Gasteiger partial charge in [-0.25, -0.2) is 0 Å². The Morgan fingerprint density at radius 2 is 1.41 bits per heavy atom. The van der Waals surface area contributed by atoms with Gasteiger partial charge in [-0.2, -0.15) is 0 Å². The molecular weight excluding hydrogens is 466 g/mol.